The van der Waals surface area contributed by atoms with E-state index in [0.29, 0.717) is 12.3 Å². The Morgan fingerprint density at radius 2 is 2.05 bits per heavy atom. The Hall–Kier alpha value is -1.79. The largest absolute Gasteiger partial charge is 0.417 e. The lowest BCUT2D eigenvalue weighted by atomic mass is 10.2. The average Bonchev–Trinajstić information content (AvgIpc) is 2.30. The molecule has 7 heteroatoms. The van der Waals surface area contributed by atoms with Crippen molar-refractivity contribution in [3.63, 3.8) is 0 Å². The first-order valence-electron chi connectivity index (χ1n) is 6.31. The van der Waals surface area contributed by atoms with Gasteiger partial charge in [-0.3, -0.25) is 9.59 Å². The molecule has 0 radical (unpaired) electrons. The van der Waals surface area contributed by atoms with Crippen LogP contribution in [-0.4, -0.2) is 16.5 Å². The molecule has 0 saturated heterocycles. The highest BCUT2D eigenvalue weighted by molar-refractivity contribution is 5.76. The Kier molecular flexibility index (Phi) is 5.35. The predicted molar refractivity (Wildman–Crippen MR) is 68.2 cm³/mol. The van der Waals surface area contributed by atoms with Crippen molar-refractivity contribution in [1.82, 2.24) is 9.88 Å². The van der Waals surface area contributed by atoms with Gasteiger partial charge in [0.15, 0.2) is 0 Å². The smallest absolute Gasteiger partial charge is 0.352 e. The summed E-state index contributed by atoms with van der Waals surface area (Å²) in [4.78, 5) is 23.1. The minimum Gasteiger partial charge on any atom is -0.352 e. The van der Waals surface area contributed by atoms with E-state index in [1.54, 1.807) is 6.92 Å². The van der Waals surface area contributed by atoms with Gasteiger partial charge in [-0.15, -0.1) is 0 Å². The molecule has 0 fully saturated rings. The van der Waals surface area contributed by atoms with Gasteiger partial charge in [-0.1, -0.05) is 13.3 Å². The molecule has 0 aliphatic carbocycles. The fourth-order valence-electron chi connectivity index (χ4n) is 1.80. The van der Waals surface area contributed by atoms with E-state index in [4.69, 9.17) is 0 Å². The lowest BCUT2D eigenvalue weighted by Gasteiger charge is -2.14. The van der Waals surface area contributed by atoms with Crippen LogP contribution in [0.4, 0.5) is 13.2 Å². The predicted octanol–water partition coefficient (Wildman–Crippen LogP) is 2.17. The van der Waals surface area contributed by atoms with Crippen LogP contribution in [0.2, 0.25) is 0 Å². The number of hydrogen-bond acceptors (Lipinski definition) is 2. The molecule has 0 unspecified atom stereocenters. The first-order valence-corrected chi connectivity index (χ1v) is 6.31. The molecule has 1 N–H and O–H groups in total. The van der Waals surface area contributed by atoms with Crippen LogP contribution in [-0.2, 0) is 17.5 Å². The van der Waals surface area contributed by atoms with Gasteiger partial charge in [-0.25, -0.2) is 0 Å². The summed E-state index contributed by atoms with van der Waals surface area (Å²) in [5.74, 6) is -0.479. The van der Waals surface area contributed by atoms with Crippen LogP contribution in [0.15, 0.2) is 23.1 Å². The molecule has 0 aliphatic heterocycles. The quantitative estimate of drug-likeness (QED) is 0.903. The molecule has 1 rings (SSSR count). The molecule has 1 atom stereocenters. The van der Waals surface area contributed by atoms with E-state index in [9.17, 15) is 22.8 Å². The molecule has 0 bridgehead atoms. The summed E-state index contributed by atoms with van der Waals surface area (Å²) in [5, 5.41) is 2.63. The van der Waals surface area contributed by atoms with Crippen LogP contribution >= 0.6 is 0 Å². The first kappa shape index (κ1) is 16.3. The third-order valence-corrected chi connectivity index (χ3v) is 2.75. The highest BCUT2D eigenvalue weighted by Gasteiger charge is 2.31. The SMILES string of the molecule is CCC[C@H](C)NC(=O)Cn1cc(C(F)(F)F)ccc1=O. The maximum absolute atomic E-state index is 12.5. The molecular weight excluding hydrogens is 273 g/mol. The van der Waals surface area contributed by atoms with Gasteiger partial charge < -0.3 is 9.88 Å². The minimum atomic E-state index is -4.54. The second kappa shape index (κ2) is 6.58. The number of carbonyl (C=O) groups excluding carboxylic acids is 1. The summed E-state index contributed by atoms with van der Waals surface area (Å²) in [6.45, 7) is 3.34. The van der Waals surface area contributed by atoms with Crippen LogP contribution in [0.3, 0.4) is 0 Å². The van der Waals surface area contributed by atoms with E-state index >= 15 is 0 Å². The van der Waals surface area contributed by atoms with Crippen molar-refractivity contribution >= 4 is 5.91 Å². The topological polar surface area (TPSA) is 51.1 Å². The summed E-state index contributed by atoms with van der Waals surface area (Å²) in [6, 6.07) is 1.44. The summed E-state index contributed by atoms with van der Waals surface area (Å²) in [6.07, 6.45) is -2.23. The Balaban J connectivity index is 2.82. The van der Waals surface area contributed by atoms with Crippen molar-refractivity contribution in [1.29, 1.82) is 0 Å². The van der Waals surface area contributed by atoms with E-state index in [0.717, 1.165) is 23.5 Å². The first-order chi connectivity index (χ1) is 9.24. The molecule has 4 nitrogen and oxygen atoms in total. The summed E-state index contributed by atoms with van der Waals surface area (Å²) >= 11 is 0. The number of aromatic nitrogens is 1. The third kappa shape index (κ3) is 4.71. The maximum Gasteiger partial charge on any atom is 0.417 e. The van der Waals surface area contributed by atoms with E-state index < -0.39 is 29.8 Å². The molecule has 0 saturated carbocycles. The van der Waals surface area contributed by atoms with Gasteiger partial charge in [0.1, 0.15) is 6.54 Å². The minimum absolute atomic E-state index is 0.0750. The Bertz CT molecular complexity index is 523. The van der Waals surface area contributed by atoms with Gasteiger partial charge in [0.25, 0.3) is 5.56 Å². The van der Waals surface area contributed by atoms with Crippen molar-refractivity contribution in [2.45, 2.75) is 45.5 Å². The fraction of sp³-hybridized carbons (Fsp3) is 0.538. The van der Waals surface area contributed by atoms with Gasteiger partial charge in [-0.2, -0.15) is 13.2 Å². The van der Waals surface area contributed by atoms with Gasteiger partial charge in [0.05, 0.1) is 5.56 Å². The lowest BCUT2D eigenvalue weighted by Crippen LogP contribution is -2.37. The zero-order valence-corrected chi connectivity index (χ0v) is 11.3. The van der Waals surface area contributed by atoms with Gasteiger partial charge in [0.2, 0.25) is 5.91 Å². The van der Waals surface area contributed by atoms with Crippen LogP contribution in [0.25, 0.3) is 0 Å². The van der Waals surface area contributed by atoms with E-state index in [-0.39, 0.29) is 6.04 Å². The number of nitrogens with one attached hydrogen (secondary N) is 1. The van der Waals surface area contributed by atoms with Gasteiger partial charge >= 0.3 is 6.18 Å². The molecule has 112 valence electrons. The van der Waals surface area contributed by atoms with Crippen LogP contribution < -0.4 is 10.9 Å². The number of alkyl halides is 3. The van der Waals surface area contributed by atoms with E-state index in [1.165, 1.54) is 0 Å². The van der Waals surface area contributed by atoms with Gasteiger partial charge in [-0.05, 0) is 19.4 Å². The molecule has 20 heavy (non-hydrogen) atoms. The number of pyridine rings is 1. The highest BCUT2D eigenvalue weighted by atomic mass is 19.4. The summed E-state index contributed by atoms with van der Waals surface area (Å²) < 4.78 is 38.4. The number of carbonyl (C=O) groups is 1. The van der Waals surface area contributed by atoms with Crippen LogP contribution in [0, 0.1) is 0 Å². The fourth-order valence-corrected chi connectivity index (χ4v) is 1.80. The molecule has 1 aromatic rings. The van der Waals surface area contributed by atoms with Crippen molar-refractivity contribution < 1.29 is 18.0 Å². The van der Waals surface area contributed by atoms with Crippen LogP contribution in [0.5, 0.6) is 0 Å². The van der Waals surface area contributed by atoms with E-state index in [1.807, 2.05) is 6.92 Å². The summed E-state index contributed by atoms with van der Waals surface area (Å²) in [7, 11) is 0. The van der Waals surface area contributed by atoms with Crippen LogP contribution in [0.1, 0.15) is 32.3 Å². The molecule has 0 spiro atoms. The second-order valence-electron chi connectivity index (χ2n) is 4.64. The Morgan fingerprint density at radius 1 is 1.40 bits per heavy atom. The summed E-state index contributed by atoms with van der Waals surface area (Å²) in [5.41, 5.74) is -1.59. The second-order valence-corrected chi connectivity index (χ2v) is 4.64. The molecule has 1 heterocycles. The van der Waals surface area contributed by atoms with Crippen molar-refractivity contribution in [3.8, 4) is 0 Å². The van der Waals surface area contributed by atoms with Crippen molar-refractivity contribution in [2.24, 2.45) is 0 Å². The standard InChI is InChI=1S/C13H17F3N2O2/c1-3-4-9(2)17-11(19)8-18-7-10(13(14,15)16)5-6-12(18)20/h5-7,9H,3-4,8H2,1-2H3,(H,17,19)/t9-/m0/s1. The molecule has 0 aliphatic rings. The Labute approximate surface area is 114 Å². The maximum atomic E-state index is 12.5. The van der Waals surface area contributed by atoms with E-state index in [2.05, 4.69) is 5.32 Å². The molecule has 0 aromatic carbocycles. The van der Waals surface area contributed by atoms with Crippen molar-refractivity contribution in [3.05, 3.63) is 34.2 Å². The number of hydrogen-bond donors (Lipinski definition) is 1. The van der Waals surface area contributed by atoms with Gasteiger partial charge in [0, 0.05) is 18.3 Å². The number of rotatable bonds is 5. The monoisotopic (exact) mass is 290 g/mol. The zero-order valence-electron chi connectivity index (χ0n) is 11.3. The zero-order chi connectivity index (χ0) is 15.3. The number of amides is 1. The Morgan fingerprint density at radius 3 is 2.60 bits per heavy atom. The molecule has 1 aromatic heterocycles. The molecular formula is C13H17F3N2O2. The number of halogens is 3. The highest BCUT2D eigenvalue weighted by Crippen LogP contribution is 2.27. The van der Waals surface area contributed by atoms with Crippen molar-refractivity contribution in [2.75, 3.05) is 0 Å². The molecule has 1 amide bonds. The average molecular weight is 290 g/mol. The lowest BCUT2D eigenvalue weighted by molar-refractivity contribution is -0.138. The number of nitrogens with zero attached hydrogens (tertiary/aromatic N) is 1. The third-order valence-electron chi connectivity index (χ3n) is 2.75. The normalized spacial score (nSPS) is 13.1.